The molecule has 0 spiro atoms. The van der Waals surface area contributed by atoms with Crippen molar-refractivity contribution in [2.24, 2.45) is 0 Å². The Morgan fingerprint density at radius 3 is 1.90 bits per heavy atom. The number of carbonyl (C=O) groups excluding carboxylic acids is 1. The third kappa shape index (κ3) is 4.91. The molecule has 3 aromatic carbocycles. The lowest BCUT2D eigenvalue weighted by molar-refractivity contribution is 0.120. The molecule has 1 saturated heterocycles. The van der Waals surface area contributed by atoms with Gasteiger partial charge in [0.05, 0.1) is 6.04 Å². The van der Waals surface area contributed by atoms with Crippen LogP contribution in [0.15, 0.2) is 89.4 Å². The Labute approximate surface area is 186 Å². The fourth-order valence-electron chi connectivity index (χ4n) is 3.99. The number of rotatable bonds is 5. The van der Waals surface area contributed by atoms with Gasteiger partial charge >= 0.3 is 6.03 Å². The zero-order valence-electron chi connectivity index (χ0n) is 16.9. The van der Waals surface area contributed by atoms with Gasteiger partial charge in [0.25, 0.3) is 0 Å². The molecule has 0 bridgehead atoms. The molecule has 1 aliphatic heterocycles. The lowest BCUT2D eigenvalue weighted by Crippen LogP contribution is -2.52. The molecule has 1 aliphatic rings. The molecule has 3 aromatic rings. The molecular formula is C25H26BrN3O. The average molecular weight is 464 g/mol. The zero-order chi connectivity index (χ0) is 20.8. The Kier molecular flexibility index (Phi) is 6.82. The van der Waals surface area contributed by atoms with Gasteiger partial charge in [0, 0.05) is 37.2 Å². The van der Waals surface area contributed by atoms with E-state index in [1.54, 1.807) is 0 Å². The van der Waals surface area contributed by atoms with Crippen LogP contribution in [0.5, 0.6) is 0 Å². The first kappa shape index (κ1) is 20.6. The molecule has 4 nitrogen and oxygen atoms in total. The van der Waals surface area contributed by atoms with Gasteiger partial charge in [0.1, 0.15) is 0 Å². The van der Waals surface area contributed by atoms with Crippen molar-refractivity contribution in [1.82, 2.24) is 15.1 Å². The summed E-state index contributed by atoms with van der Waals surface area (Å²) in [6, 6.07) is 29.4. The molecule has 0 atom stereocenters. The molecule has 1 N–H and O–H groups in total. The summed E-state index contributed by atoms with van der Waals surface area (Å²) in [5.74, 6) is 0. The topological polar surface area (TPSA) is 35.6 Å². The summed E-state index contributed by atoms with van der Waals surface area (Å²) >= 11 is 3.54. The van der Waals surface area contributed by atoms with Crippen molar-refractivity contribution in [1.29, 1.82) is 0 Å². The highest BCUT2D eigenvalue weighted by molar-refractivity contribution is 9.10. The Balaban J connectivity index is 1.40. The molecule has 2 amide bonds. The van der Waals surface area contributed by atoms with Gasteiger partial charge in [0.15, 0.2) is 0 Å². The second kappa shape index (κ2) is 9.92. The standard InChI is InChI=1S/C25H26BrN3O/c26-23-14-8-7-13-22(23)19-27-25(30)29-17-15-28(16-18-29)24(20-9-3-1-4-10-20)21-11-5-2-6-12-21/h1-14,24H,15-19H2,(H,27,30). The normalized spacial score (nSPS) is 14.7. The van der Waals surface area contributed by atoms with Gasteiger partial charge in [-0.3, -0.25) is 4.90 Å². The van der Waals surface area contributed by atoms with E-state index in [2.05, 4.69) is 86.8 Å². The van der Waals surface area contributed by atoms with Crippen LogP contribution in [-0.2, 0) is 6.54 Å². The quantitative estimate of drug-likeness (QED) is 0.573. The lowest BCUT2D eigenvalue weighted by Gasteiger charge is -2.39. The maximum absolute atomic E-state index is 12.7. The minimum absolute atomic E-state index is 0.00127. The summed E-state index contributed by atoms with van der Waals surface area (Å²) in [6.45, 7) is 3.65. The van der Waals surface area contributed by atoms with Crippen LogP contribution in [0.1, 0.15) is 22.7 Å². The van der Waals surface area contributed by atoms with Crippen molar-refractivity contribution in [3.63, 3.8) is 0 Å². The predicted molar refractivity (Wildman–Crippen MR) is 124 cm³/mol. The van der Waals surface area contributed by atoms with Crippen LogP contribution in [0.2, 0.25) is 0 Å². The van der Waals surface area contributed by atoms with E-state index < -0.39 is 0 Å². The van der Waals surface area contributed by atoms with Gasteiger partial charge < -0.3 is 10.2 Å². The molecule has 0 saturated carbocycles. The Hall–Kier alpha value is -2.63. The van der Waals surface area contributed by atoms with Crippen molar-refractivity contribution in [2.75, 3.05) is 26.2 Å². The summed E-state index contributed by atoms with van der Waals surface area (Å²) in [5, 5.41) is 3.06. The van der Waals surface area contributed by atoms with Gasteiger partial charge in [-0.25, -0.2) is 4.79 Å². The summed E-state index contributed by atoms with van der Waals surface area (Å²) in [5.41, 5.74) is 3.66. The number of nitrogens with zero attached hydrogens (tertiary/aromatic N) is 2. The maximum Gasteiger partial charge on any atom is 0.317 e. The Morgan fingerprint density at radius 1 is 0.800 bits per heavy atom. The van der Waals surface area contributed by atoms with Crippen LogP contribution in [-0.4, -0.2) is 42.0 Å². The number of urea groups is 1. The second-order valence-electron chi connectivity index (χ2n) is 7.50. The highest BCUT2D eigenvalue weighted by Crippen LogP contribution is 2.29. The number of carbonyl (C=O) groups is 1. The fraction of sp³-hybridized carbons (Fsp3) is 0.240. The molecule has 0 unspecified atom stereocenters. The first-order chi connectivity index (χ1) is 14.7. The molecule has 1 heterocycles. The SMILES string of the molecule is O=C(NCc1ccccc1Br)N1CCN(C(c2ccccc2)c2ccccc2)CC1. The average Bonchev–Trinajstić information content (AvgIpc) is 2.80. The van der Waals surface area contributed by atoms with Crippen molar-refractivity contribution in [2.45, 2.75) is 12.6 Å². The number of nitrogens with one attached hydrogen (secondary N) is 1. The van der Waals surface area contributed by atoms with E-state index in [1.165, 1.54) is 11.1 Å². The van der Waals surface area contributed by atoms with E-state index in [0.29, 0.717) is 6.54 Å². The third-order valence-electron chi connectivity index (χ3n) is 5.59. The summed E-state index contributed by atoms with van der Waals surface area (Å²) in [7, 11) is 0. The van der Waals surface area contributed by atoms with E-state index in [1.807, 2.05) is 29.2 Å². The van der Waals surface area contributed by atoms with Gasteiger partial charge in [0.2, 0.25) is 0 Å². The van der Waals surface area contributed by atoms with Crippen molar-refractivity contribution >= 4 is 22.0 Å². The number of amides is 2. The van der Waals surface area contributed by atoms with Crippen molar-refractivity contribution < 1.29 is 4.79 Å². The summed E-state index contributed by atoms with van der Waals surface area (Å²) in [4.78, 5) is 17.1. The van der Waals surface area contributed by atoms with Crippen LogP contribution in [0, 0.1) is 0 Å². The number of benzene rings is 3. The summed E-state index contributed by atoms with van der Waals surface area (Å²) < 4.78 is 1.02. The molecule has 30 heavy (non-hydrogen) atoms. The molecule has 154 valence electrons. The van der Waals surface area contributed by atoms with E-state index in [4.69, 9.17) is 0 Å². The van der Waals surface area contributed by atoms with Gasteiger partial charge in [-0.05, 0) is 22.8 Å². The molecule has 5 heteroatoms. The molecule has 0 radical (unpaired) electrons. The van der Waals surface area contributed by atoms with Crippen molar-refractivity contribution in [3.05, 3.63) is 106 Å². The molecule has 1 fully saturated rings. The first-order valence-electron chi connectivity index (χ1n) is 10.3. The largest absolute Gasteiger partial charge is 0.334 e. The zero-order valence-corrected chi connectivity index (χ0v) is 18.5. The van der Waals surface area contributed by atoms with E-state index in [0.717, 1.165) is 36.2 Å². The van der Waals surface area contributed by atoms with Crippen molar-refractivity contribution in [3.8, 4) is 0 Å². The molecule has 0 aliphatic carbocycles. The summed E-state index contributed by atoms with van der Waals surface area (Å²) in [6.07, 6.45) is 0. The van der Waals surface area contributed by atoms with Crippen LogP contribution in [0.25, 0.3) is 0 Å². The van der Waals surface area contributed by atoms with E-state index in [9.17, 15) is 4.79 Å². The highest BCUT2D eigenvalue weighted by atomic mass is 79.9. The predicted octanol–water partition coefficient (Wildman–Crippen LogP) is 5.07. The monoisotopic (exact) mass is 463 g/mol. The van der Waals surface area contributed by atoms with Crippen LogP contribution >= 0.6 is 15.9 Å². The lowest BCUT2D eigenvalue weighted by atomic mass is 9.96. The van der Waals surface area contributed by atoms with E-state index >= 15 is 0 Å². The fourth-order valence-corrected chi connectivity index (χ4v) is 4.42. The maximum atomic E-state index is 12.7. The Morgan fingerprint density at radius 2 is 1.33 bits per heavy atom. The molecule has 4 rings (SSSR count). The molecule has 0 aromatic heterocycles. The van der Waals surface area contributed by atoms with Crippen LogP contribution in [0.3, 0.4) is 0 Å². The Bertz CT molecular complexity index is 917. The number of hydrogen-bond acceptors (Lipinski definition) is 2. The minimum Gasteiger partial charge on any atom is -0.334 e. The van der Waals surface area contributed by atoms with E-state index in [-0.39, 0.29) is 12.1 Å². The van der Waals surface area contributed by atoms with Gasteiger partial charge in [-0.2, -0.15) is 0 Å². The molecular weight excluding hydrogens is 438 g/mol. The second-order valence-corrected chi connectivity index (χ2v) is 8.35. The minimum atomic E-state index is 0.00127. The highest BCUT2D eigenvalue weighted by Gasteiger charge is 2.28. The van der Waals surface area contributed by atoms with Crippen LogP contribution < -0.4 is 5.32 Å². The van der Waals surface area contributed by atoms with Gasteiger partial charge in [-0.1, -0.05) is 94.8 Å². The van der Waals surface area contributed by atoms with Crippen LogP contribution in [0.4, 0.5) is 4.79 Å². The first-order valence-corrected chi connectivity index (χ1v) is 11.1. The number of hydrogen-bond donors (Lipinski definition) is 1. The number of halogens is 1. The third-order valence-corrected chi connectivity index (χ3v) is 6.36. The smallest absolute Gasteiger partial charge is 0.317 e. The van der Waals surface area contributed by atoms with Gasteiger partial charge in [-0.15, -0.1) is 0 Å². The number of piperazine rings is 1.